The Balaban J connectivity index is 2.33. The molecule has 3 amide bonds. The molecule has 1 aliphatic rings. The third kappa shape index (κ3) is 7.14. The number of amides is 3. The molecule has 1 saturated carbocycles. The number of alkyl carbamates (subject to hydrolysis) is 1. The molecule has 0 heterocycles. The second kappa shape index (κ2) is 10.7. The van der Waals surface area contributed by atoms with E-state index in [1.165, 1.54) is 11.0 Å². The van der Waals surface area contributed by atoms with E-state index in [1.807, 2.05) is 13.8 Å². The predicted octanol–water partition coefficient (Wildman–Crippen LogP) is 3.64. The maximum atomic E-state index is 13.5. The van der Waals surface area contributed by atoms with E-state index in [9.17, 15) is 19.5 Å². The zero-order valence-corrected chi connectivity index (χ0v) is 20.0. The number of phenols is 1. The molecule has 178 valence electrons. The molecule has 3 N–H and O–H groups in total. The van der Waals surface area contributed by atoms with Crippen LogP contribution < -0.4 is 10.6 Å². The summed E-state index contributed by atoms with van der Waals surface area (Å²) in [6.07, 6.45) is 2.52. The Kier molecular flexibility index (Phi) is 8.52. The van der Waals surface area contributed by atoms with Gasteiger partial charge in [-0.25, -0.2) is 4.79 Å². The van der Waals surface area contributed by atoms with Crippen LogP contribution in [0.5, 0.6) is 5.75 Å². The number of nitrogens with one attached hydrogen (secondary N) is 2. The zero-order valence-electron chi connectivity index (χ0n) is 20.0. The SMILES string of the molecule is CCCC(C)NC(=O)C(c1ccccc1O)N(C(=O)C(C)NC(=O)OC(C)(C)C)C1CC1. The Labute approximate surface area is 190 Å². The number of ether oxygens (including phenoxy) is 1. The van der Waals surface area contributed by atoms with E-state index in [0.717, 1.165) is 25.7 Å². The van der Waals surface area contributed by atoms with Crippen molar-refractivity contribution in [2.45, 2.75) is 97.0 Å². The molecule has 0 saturated heterocycles. The molecule has 0 aliphatic heterocycles. The van der Waals surface area contributed by atoms with Gasteiger partial charge in [-0.05, 0) is 59.9 Å². The van der Waals surface area contributed by atoms with Crippen molar-refractivity contribution in [3.63, 3.8) is 0 Å². The molecule has 1 aromatic carbocycles. The van der Waals surface area contributed by atoms with E-state index in [4.69, 9.17) is 4.74 Å². The third-order valence-corrected chi connectivity index (χ3v) is 5.17. The normalized spacial score (nSPS) is 16.4. The highest BCUT2D eigenvalue weighted by Crippen LogP contribution is 2.38. The molecule has 0 bridgehead atoms. The average Bonchev–Trinajstić information content (AvgIpc) is 3.49. The molecule has 0 radical (unpaired) electrons. The number of aromatic hydroxyl groups is 1. The van der Waals surface area contributed by atoms with Crippen LogP contribution in [0.2, 0.25) is 0 Å². The molecule has 1 aliphatic carbocycles. The number of nitrogens with zero attached hydrogens (tertiary/aromatic N) is 1. The van der Waals surface area contributed by atoms with Crippen LogP contribution in [0.25, 0.3) is 0 Å². The van der Waals surface area contributed by atoms with Crippen molar-refractivity contribution in [2.75, 3.05) is 0 Å². The van der Waals surface area contributed by atoms with Crippen LogP contribution in [0.3, 0.4) is 0 Å². The Morgan fingerprint density at radius 2 is 1.78 bits per heavy atom. The maximum absolute atomic E-state index is 13.5. The van der Waals surface area contributed by atoms with Gasteiger partial charge in [0.1, 0.15) is 23.4 Å². The first-order chi connectivity index (χ1) is 14.9. The number of rotatable bonds is 9. The molecule has 0 spiro atoms. The minimum absolute atomic E-state index is 0.0537. The summed E-state index contributed by atoms with van der Waals surface area (Å²) in [5.41, 5.74) is -0.338. The number of para-hydroxylation sites is 1. The minimum atomic E-state index is -1.00. The predicted molar refractivity (Wildman–Crippen MR) is 122 cm³/mol. The monoisotopic (exact) mass is 447 g/mol. The van der Waals surface area contributed by atoms with Gasteiger partial charge >= 0.3 is 6.09 Å². The molecule has 1 fully saturated rings. The lowest BCUT2D eigenvalue weighted by atomic mass is 10.0. The quantitative estimate of drug-likeness (QED) is 0.536. The van der Waals surface area contributed by atoms with Gasteiger partial charge in [0.15, 0.2) is 0 Å². The van der Waals surface area contributed by atoms with E-state index >= 15 is 0 Å². The third-order valence-electron chi connectivity index (χ3n) is 5.17. The van der Waals surface area contributed by atoms with Crippen molar-refractivity contribution in [1.29, 1.82) is 0 Å². The van der Waals surface area contributed by atoms with Crippen LogP contribution in [-0.4, -0.2) is 51.6 Å². The highest BCUT2D eigenvalue weighted by atomic mass is 16.6. The molecular weight excluding hydrogens is 410 g/mol. The fourth-order valence-corrected chi connectivity index (χ4v) is 3.60. The van der Waals surface area contributed by atoms with E-state index in [-0.39, 0.29) is 23.7 Å². The van der Waals surface area contributed by atoms with Crippen LogP contribution in [0.1, 0.15) is 78.8 Å². The number of carbonyl (C=O) groups is 3. The highest BCUT2D eigenvalue weighted by molar-refractivity contribution is 5.92. The molecule has 2 rings (SSSR count). The summed E-state index contributed by atoms with van der Waals surface area (Å²) in [5, 5.41) is 16.1. The summed E-state index contributed by atoms with van der Waals surface area (Å²) in [6, 6.07) is 4.43. The fraction of sp³-hybridized carbons (Fsp3) is 0.625. The zero-order chi connectivity index (χ0) is 24.1. The Bertz CT molecular complexity index is 816. The van der Waals surface area contributed by atoms with Gasteiger partial charge in [0.2, 0.25) is 11.8 Å². The van der Waals surface area contributed by atoms with Gasteiger partial charge in [-0.15, -0.1) is 0 Å². The average molecular weight is 448 g/mol. The minimum Gasteiger partial charge on any atom is -0.508 e. The highest BCUT2D eigenvalue weighted by Gasteiger charge is 2.44. The number of carbonyl (C=O) groups excluding carboxylic acids is 3. The Hall–Kier alpha value is -2.77. The maximum Gasteiger partial charge on any atom is 0.408 e. The fourth-order valence-electron chi connectivity index (χ4n) is 3.60. The summed E-state index contributed by atoms with van der Waals surface area (Å²) in [6.45, 7) is 10.7. The van der Waals surface area contributed by atoms with Crippen LogP contribution in [-0.2, 0) is 14.3 Å². The van der Waals surface area contributed by atoms with Crippen LogP contribution in [0.4, 0.5) is 4.79 Å². The van der Waals surface area contributed by atoms with E-state index in [0.29, 0.717) is 5.56 Å². The van der Waals surface area contributed by atoms with Gasteiger partial charge in [-0.1, -0.05) is 31.5 Å². The second-order valence-electron chi connectivity index (χ2n) is 9.50. The lowest BCUT2D eigenvalue weighted by Gasteiger charge is -2.34. The van der Waals surface area contributed by atoms with Gasteiger partial charge in [0.25, 0.3) is 0 Å². The number of benzene rings is 1. The Morgan fingerprint density at radius 1 is 1.16 bits per heavy atom. The smallest absolute Gasteiger partial charge is 0.408 e. The molecular formula is C24H37N3O5. The first kappa shape index (κ1) is 25.5. The van der Waals surface area contributed by atoms with Crippen molar-refractivity contribution in [1.82, 2.24) is 15.5 Å². The van der Waals surface area contributed by atoms with Crippen molar-refractivity contribution in [3.8, 4) is 5.75 Å². The molecule has 3 unspecified atom stereocenters. The summed E-state index contributed by atoms with van der Waals surface area (Å²) in [4.78, 5) is 40.5. The standard InChI is InChI=1S/C24H37N3O5/c1-7-10-15(2)25-21(29)20(18-11-8-9-12-19(18)28)27(17-13-14-17)22(30)16(3)26-23(31)32-24(4,5)6/h8-9,11-12,15-17,20,28H,7,10,13-14H2,1-6H3,(H,25,29)(H,26,31). The molecule has 8 heteroatoms. The van der Waals surface area contributed by atoms with Crippen molar-refractivity contribution >= 4 is 17.9 Å². The molecule has 1 aromatic rings. The summed E-state index contributed by atoms with van der Waals surface area (Å²) < 4.78 is 5.27. The van der Waals surface area contributed by atoms with Gasteiger partial charge in [0.05, 0.1) is 0 Å². The summed E-state index contributed by atoms with van der Waals surface area (Å²) >= 11 is 0. The molecule has 3 atom stereocenters. The largest absolute Gasteiger partial charge is 0.508 e. The van der Waals surface area contributed by atoms with Crippen molar-refractivity contribution < 1.29 is 24.2 Å². The van der Waals surface area contributed by atoms with Crippen LogP contribution >= 0.6 is 0 Å². The number of hydrogen-bond donors (Lipinski definition) is 3. The van der Waals surface area contributed by atoms with Crippen molar-refractivity contribution in [2.24, 2.45) is 0 Å². The molecule has 8 nitrogen and oxygen atoms in total. The van der Waals surface area contributed by atoms with Crippen molar-refractivity contribution in [3.05, 3.63) is 29.8 Å². The molecule has 0 aromatic heterocycles. The van der Waals surface area contributed by atoms with Gasteiger partial charge in [-0.2, -0.15) is 0 Å². The molecule has 32 heavy (non-hydrogen) atoms. The lowest BCUT2D eigenvalue weighted by Crippen LogP contribution is -2.53. The number of phenolic OH excluding ortho intramolecular Hbond substituents is 1. The van der Waals surface area contributed by atoms with Gasteiger partial charge in [0, 0.05) is 17.6 Å². The van der Waals surface area contributed by atoms with Gasteiger partial charge < -0.3 is 25.4 Å². The summed E-state index contributed by atoms with van der Waals surface area (Å²) in [5.74, 6) is -0.802. The van der Waals surface area contributed by atoms with Crippen LogP contribution in [0.15, 0.2) is 24.3 Å². The topological polar surface area (TPSA) is 108 Å². The van der Waals surface area contributed by atoms with Crippen LogP contribution in [0, 0.1) is 0 Å². The van der Waals surface area contributed by atoms with E-state index in [2.05, 4.69) is 10.6 Å². The second-order valence-corrected chi connectivity index (χ2v) is 9.50. The van der Waals surface area contributed by atoms with E-state index < -0.39 is 29.7 Å². The van der Waals surface area contributed by atoms with E-state index in [1.54, 1.807) is 45.9 Å². The lowest BCUT2D eigenvalue weighted by molar-refractivity contribution is -0.143. The first-order valence-corrected chi connectivity index (χ1v) is 11.3. The van der Waals surface area contributed by atoms with Gasteiger partial charge in [-0.3, -0.25) is 9.59 Å². The summed E-state index contributed by atoms with van der Waals surface area (Å²) in [7, 11) is 0. The number of hydrogen-bond acceptors (Lipinski definition) is 5. The first-order valence-electron chi connectivity index (χ1n) is 11.3. The Morgan fingerprint density at radius 3 is 2.31 bits per heavy atom.